The molecule has 0 radical (unpaired) electrons. The van der Waals surface area contributed by atoms with E-state index in [1.165, 1.54) is 0 Å². The van der Waals surface area contributed by atoms with Crippen LogP contribution in [0.15, 0.2) is 22.9 Å². The van der Waals surface area contributed by atoms with Crippen molar-refractivity contribution < 1.29 is 0 Å². The lowest BCUT2D eigenvalue weighted by Crippen LogP contribution is -2.26. The second-order valence-corrected chi connectivity index (χ2v) is 5.37. The molecule has 0 aliphatic heterocycles. The second kappa shape index (κ2) is 6.45. The summed E-state index contributed by atoms with van der Waals surface area (Å²) >= 11 is 9.32. The van der Waals surface area contributed by atoms with E-state index in [2.05, 4.69) is 43.5 Å². The second-order valence-electron chi connectivity index (χ2n) is 4.18. The van der Waals surface area contributed by atoms with Gasteiger partial charge in [0.1, 0.15) is 0 Å². The Morgan fingerprint density at radius 2 is 2.26 bits per heavy atom. The van der Waals surface area contributed by atoms with E-state index >= 15 is 0 Å². The minimum Gasteiger partial charge on any atom is -0.304 e. The Kier molecular flexibility index (Phi) is 4.90. The molecule has 1 atom stereocenters. The van der Waals surface area contributed by atoms with E-state index in [9.17, 15) is 0 Å². The smallest absolute Gasteiger partial charge is 0.153 e. The quantitative estimate of drug-likeness (QED) is 0.906. The highest BCUT2D eigenvalue weighted by molar-refractivity contribution is 9.10. The van der Waals surface area contributed by atoms with Gasteiger partial charge in [-0.05, 0) is 41.0 Å². The molecule has 1 unspecified atom stereocenters. The third-order valence-corrected chi connectivity index (χ3v) is 3.53. The van der Waals surface area contributed by atoms with Gasteiger partial charge in [-0.2, -0.15) is 0 Å². The summed E-state index contributed by atoms with van der Waals surface area (Å²) in [5, 5.41) is 12.1. The zero-order valence-corrected chi connectivity index (χ0v) is 13.1. The Labute approximate surface area is 125 Å². The summed E-state index contributed by atoms with van der Waals surface area (Å²) < 4.78 is 2.47. The molecule has 0 amide bonds. The van der Waals surface area contributed by atoms with E-state index in [0.717, 1.165) is 29.0 Å². The predicted molar refractivity (Wildman–Crippen MR) is 78.1 cm³/mol. The maximum atomic E-state index is 5.89. The molecule has 0 saturated carbocycles. The lowest BCUT2D eigenvalue weighted by atomic mass is 10.1. The topological polar surface area (TPSA) is 55.6 Å². The van der Waals surface area contributed by atoms with E-state index in [1.807, 2.05) is 19.2 Å². The summed E-state index contributed by atoms with van der Waals surface area (Å²) in [5.41, 5.74) is 1.84. The molecular weight excluding hydrogens is 330 g/mol. The third kappa shape index (κ3) is 3.32. The van der Waals surface area contributed by atoms with Crippen molar-refractivity contribution in [2.75, 3.05) is 6.54 Å². The third-order valence-electron chi connectivity index (χ3n) is 2.74. The highest BCUT2D eigenvalue weighted by Crippen LogP contribution is 2.26. The molecule has 7 heteroatoms. The Bertz CT molecular complexity index is 520. The molecule has 1 N–H and O–H groups in total. The largest absolute Gasteiger partial charge is 0.304 e. The van der Waals surface area contributed by atoms with Gasteiger partial charge in [-0.1, -0.05) is 23.7 Å². The average Bonchev–Trinajstić information content (AvgIpc) is 2.73. The van der Waals surface area contributed by atoms with Gasteiger partial charge in [0.15, 0.2) is 4.60 Å². The van der Waals surface area contributed by atoms with Crippen molar-refractivity contribution in [3.05, 3.63) is 39.3 Å². The molecule has 0 bridgehead atoms. The Morgan fingerprint density at radius 3 is 2.79 bits per heavy atom. The first kappa shape index (κ1) is 14.4. The first-order valence-electron chi connectivity index (χ1n) is 6.03. The van der Waals surface area contributed by atoms with Crippen LogP contribution >= 0.6 is 27.5 Å². The van der Waals surface area contributed by atoms with E-state index in [0.29, 0.717) is 5.02 Å². The van der Waals surface area contributed by atoms with Crippen molar-refractivity contribution in [1.82, 2.24) is 25.3 Å². The molecule has 2 rings (SSSR count). The molecule has 0 fully saturated rings. The zero-order valence-electron chi connectivity index (χ0n) is 10.8. The molecule has 2 aromatic rings. The molecule has 2 aromatic heterocycles. The molecule has 5 nitrogen and oxygen atoms in total. The summed E-state index contributed by atoms with van der Waals surface area (Å²) in [5.74, 6) is 0. The van der Waals surface area contributed by atoms with Crippen LogP contribution in [0, 0.1) is 0 Å². The van der Waals surface area contributed by atoms with E-state index < -0.39 is 0 Å². The summed E-state index contributed by atoms with van der Waals surface area (Å²) in [6.45, 7) is 3.00. The number of aryl methyl sites for hydroxylation is 1. The Hall–Kier alpha value is -0.980. The molecule has 0 saturated heterocycles. The molecule has 0 aliphatic carbocycles. The normalized spacial score (nSPS) is 12.6. The van der Waals surface area contributed by atoms with Crippen LogP contribution in [0.4, 0.5) is 0 Å². The Balaban J connectivity index is 2.38. The number of hydrogen-bond donors (Lipinski definition) is 1. The van der Waals surface area contributed by atoms with Gasteiger partial charge < -0.3 is 5.32 Å². The van der Waals surface area contributed by atoms with E-state index in [-0.39, 0.29) is 6.04 Å². The van der Waals surface area contributed by atoms with Crippen LogP contribution in [0.3, 0.4) is 0 Å². The summed E-state index contributed by atoms with van der Waals surface area (Å²) in [4.78, 5) is 4.39. The molecule has 19 heavy (non-hydrogen) atoms. The minimum absolute atomic E-state index is 0.0633. The van der Waals surface area contributed by atoms with Crippen LogP contribution in [0.5, 0.6) is 0 Å². The van der Waals surface area contributed by atoms with Crippen molar-refractivity contribution in [3.8, 4) is 0 Å². The minimum atomic E-state index is -0.0633. The predicted octanol–water partition coefficient (Wildman–Crippen LogP) is 2.72. The van der Waals surface area contributed by atoms with Gasteiger partial charge in [0.05, 0.1) is 22.5 Å². The van der Waals surface area contributed by atoms with E-state index in [4.69, 9.17) is 11.6 Å². The van der Waals surface area contributed by atoms with Crippen LogP contribution in [0.1, 0.15) is 30.8 Å². The van der Waals surface area contributed by atoms with Crippen LogP contribution in [0.25, 0.3) is 0 Å². The van der Waals surface area contributed by atoms with Gasteiger partial charge >= 0.3 is 0 Å². The van der Waals surface area contributed by atoms with Gasteiger partial charge in [0, 0.05) is 13.2 Å². The number of rotatable bonds is 5. The lowest BCUT2D eigenvalue weighted by molar-refractivity contribution is 0.540. The first-order valence-corrected chi connectivity index (χ1v) is 7.20. The number of nitrogens with one attached hydrogen (secondary N) is 1. The van der Waals surface area contributed by atoms with Crippen LogP contribution in [-0.4, -0.2) is 26.5 Å². The summed E-state index contributed by atoms with van der Waals surface area (Å²) in [7, 11) is 1.86. The molecule has 0 aromatic carbocycles. The fourth-order valence-electron chi connectivity index (χ4n) is 1.83. The van der Waals surface area contributed by atoms with Crippen molar-refractivity contribution >= 4 is 27.5 Å². The maximum Gasteiger partial charge on any atom is 0.153 e. The molecule has 102 valence electrons. The van der Waals surface area contributed by atoms with Crippen LogP contribution in [0.2, 0.25) is 5.02 Å². The molecule has 0 aliphatic rings. The molecule has 0 spiro atoms. The monoisotopic (exact) mass is 343 g/mol. The molecule has 2 heterocycles. The SMILES string of the molecule is CCCNC(c1ccc(Cl)cn1)c1c(Br)nnn1C. The number of pyridine rings is 1. The standard InChI is InChI=1S/C12H15BrClN5/c1-3-6-15-10(9-5-4-8(14)7-16-9)11-12(13)17-18-19(11)2/h4-5,7,10,15H,3,6H2,1-2H3. The average molecular weight is 345 g/mol. The lowest BCUT2D eigenvalue weighted by Gasteiger charge is -2.18. The number of nitrogens with zero attached hydrogens (tertiary/aromatic N) is 4. The van der Waals surface area contributed by atoms with E-state index in [1.54, 1.807) is 10.9 Å². The highest BCUT2D eigenvalue weighted by atomic mass is 79.9. The fraction of sp³-hybridized carbons (Fsp3) is 0.417. The first-order chi connectivity index (χ1) is 9.13. The van der Waals surface area contributed by atoms with Gasteiger partial charge in [-0.3, -0.25) is 4.98 Å². The number of halogens is 2. The molecular formula is C12H15BrClN5. The van der Waals surface area contributed by atoms with Crippen LogP contribution in [-0.2, 0) is 7.05 Å². The summed E-state index contributed by atoms with van der Waals surface area (Å²) in [6.07, 6.45) is 2.68. The van der Waals surface area contributed by atoms with Crippen molar-refractivity contribution in [2.45, 2.75) is 19.4 Å². The number of hydrogen-bond acceptors (Lipinski definition) is 4. The summed E-state index contributed by atoms with van der Waals surface area (Å²) in [6, 6.07) is 3.68. The Morgan fingerprint density at radius 1 is 1.47 bits per heavy atom. The van der Waals surface area contributed by atoms with Gasteiger partial charge in [-0.25, -0.2) is 4.68 Å². The van der Waals surface area contributed by atoms with Crippen molar-refractivity contribution in [2.24, 2.45) is 7.05 Å². The van der Waals surface area contributed by atoms with Gasteiger partial charge in [0.25, 0.3) is 0 Å². The number of aromatic nitrogens is 4. The van der Waals surface area contributed by atoms with Gasteiger partial charge in [0.2, 0.25) is 0 Å². The zero-order chi connectivity index (χ0) is 13.8. The van der Waals surface area contributed by atoms with Crippen molar-refractivity contribution in [1.29, 1.82) is 0 Å². The maximum absolute atomic E-state index is 5.89. The van der Waals surface area contributed by atoms with Crippen molar-refractivity contribution in [3.63, 3.8) is 0 Å². The van der Waals surface area contributed by atoms with Gasteiger partial charge in [-0.15, -0.1) is 5.10 Å². The highest BCUT2D eigenvalue weighted by Gasteiger charge is 2.22. The van der Waals surface area contributed by atoms with Crippen LogP contribution < -0.4 is 5.32 Å². The fourth-order valence-corrected chi connectivity index (χ4v) is 2.50.